The molecule has 0 saturated carbocycles. The molecule has 5 heteroatoms. The number of halogens is 2. The van der Waals surface area contributed by atoms with Crippen LogP contribution in [-0.4, -0.2) is 10.9 Å². The zero-order valence-electron chi connectivity index (χ0n) is 14.8. The number of carbonyl (C=O) groups excluding carboxylic acids is 1. The highest BCUT2D eigenvalue weighted by molar-refractivity contribution is 6.30. The first-order valence-electron chi connectivity index (χ1n) is 8.78. The van der Waals surface area contributed by atoms with E-state index in [-0.39, 0.29) is 11.7 Å². The minimum Gasteiger partial charge on any atom is -0.348 e. The normalized spacial score (nSPS) is 10.8. The minimum atomic E-state index is -0.303. The molecule has 28 heavy (non-hydrogen) atoms. The molecule has 1 N–H and O–H groups in total. The summed E-state index contributed by atoms with van der Waals surface area (Å²) in [6.45, 7) is 0.312. The molecule has 138 valence electrons. The molecule has 0 bridgehead atoms. The summed E-state index contributed by atoms with van der Waals surface area (Å²) in [7, 11) is 0. The van der Waals surface area contributed by atoms with E-state index in [0.717, 1.165) is 22.0 Å². The Kier molecular flexibility index (Phi) is 5.04. The van der Waals surface area contributed by atoms with Crippen molar-refractivity contribution in [1.29, 1.82) is 0 Å². The number of rotatable bonds is 4. The standard InChI is InChI=1S/C23H16ClFN2O/c24-17-9-7-16(8-10-17)22-13-20(19-3-1-2-4-21(19)27-22)23(28)26-14-15-5-11-18(25)12-6-15/h1-13H,14H2,(H,26,28). The van der Waals surface area contributed by atoms with Crippen molar-refractivity contribution in [3.8, 4) is 11.3 Å². The van der Waals surface area contributed by atoms with Gasteiger partial charge in [-0.05, 0) is 42.0 Å². The third-order valence-corrected chi connectivity index (χ3v) is 4.72. The lowest BCUT2D eigenvalue weighted by molar-refractivity contribution is 0.0952. The van der Waals surface area contributed by atoms with Crippen molar-refractivity contribution in [3.05, 3.63) is 101 Å². The Morgan fingerprint density at radius 2 is 1.68 bits per heavy atom. The smallest absolute Gasteiger partial charge is 0.252 e. The molecule has 1 amide bonds. The Morgan fingerprint density at radius 1 is 0.964 bits per heavy atom. The Labute approximate surface area is 166 Å². The Hall–Kier alpha value is -3.24. The van der Waals surface area contributed by atoms with Crippen LogP contribution in [0, 0.1) is 5.82 Å². The molecule has 0 saturated heterocycles. The lowest BCUT2D eigenvalue weighted by atomic mass is 10.0. The first kappa shape index (κ1) is 18.1. The summed E-state index contributed by atoms with van der Waals surface area (Å²) in [5.74, 6) is -0.513. The average Bonchev–Trinajstić information content (AvgIpc) is 2.73. The highest BCUT2D eigenvalue weighted by Gasteiger charge is 2.14. The van der Waals surface area contributed by atoms with Gasteiger partial charge < -0.3 is 5.32 Å². The van der Waals surface area contributed by atoms with Gasteiger partial charge in [0.15, 0.2) is 0 Å². The van der Waals surface area contributed by atoms with Gasteiger partial charge >= 0.3 is 0 Å². The van der Waals surface area contributed by atoms with E-state index in [9.17, 15) is 9.18 Å². The lowest BCUT2D eigenvalue weighted by Crippen LogP contribution is -2.23. The molecule has 0 fully saturated rings. The van der Waals surface area contributed by atoms with Crippen molar-refractivity contribution in [1.82, 2.24) is 10.3 Å². The molecular weight excluding hydrogens is 375 g/mol. The summed E-state index contributed by atoms with van der Waals surface area (Å²) < 4.78 is 13.1. The Bertz CT molecular complexity index is 1140. The molecule has 3 nitrogen and oxygen atoms in total. The van der Waals surface area contributed by atoms with E-state index in [4.69, 9.17) is 11.6 Å². The van der Waals surface area contributed by atoms with Crippen molar-refractivity contribution in [2.45, 2.75) is 6.54 Å². The van der Waals surface area contributed by atoms with Crippen molar-refractivity contribution in [2.75, 3.05) is 0 Å². The average molecular weight is 391 g/mol. The maximum atomic E-state index is 13.1. The van der Waals surface area contributed by atoms with E-state index in [0.29, 0.717) is 22.8 Å². The number of hydrogen-bond donors (Lipinski definition) is 1. The fraction of sp³-hybridized carbons (Fsp3) is 0.0435. The van der Waals surface area contributed by atoms with Crippen LogP contribution >= 0.6 is 11.6 Å². The van der Waals surface area contributed by atoms with Gasteiger partial charge in [-0.2, -0.15) is 0 Å². The van der Waals surface area contributed by atoms with Gasteiger partial charge in [-0.25, -0.2) is 9.37 Å². The largest absolute Gasteiger partial charge is 0.348 e. The number of para-hydroxylation sites is 1. The van der Waals surface area contributed by atoms with Gasteiger partial charge in [0.05, 0.1) is 16.8 Å². The zero-order chi connectivity index (χ0) is 19.5. The maximum Gasteiger partial charge on any atom is 0.252 e. The zero-order valence-corrected chi connectivity index (χ0v) is 15.6. The number of hydrogen-bond acceptors (Lipinski definition) is 2. The number of benzene rings is 3. The van der Waals surface area contributed by atoms with Crippen LogP contribution in [-0.2, 0) is 6.54 Å². The summed E-state index contributed by atoms with van der Waals surface area (Å²) in [5.41, 5.74) is 3.68. The quantitative estimate of drug-likeness (QED) is 0.491. The molecule has 4 aromatic rings. The highest BCUT2D eigenvalue weighted by atomic mass is 35.5. The molecule has 0 atom stereocenters. The second kappa shape index (κ2) is 7.79. The van der Waals surface area contributed by atoms with E-state index in [1.54, 1.807) is 30.3 Å². The summed E-state index contributed by atoms with van der Waals surface area (Å²) in [4.78, 5) is 17.6. The molecular formula is C23H16ClFN2O. The van der Waals surface area contributed by atoms with Crippen LogP contribution in [0.25, 0.3) is 22.2 Å². The Morgan fingerprint density at radius 3 is 2.43 bits per heavy atom. The summed E-state index contributed by atoms with van der Waals surface area (Å²) >= 11 is 5.98. The van der Waals surface area contributed by atoms with E-state index in [2.05, 4.69) is 10.3 Å². The van der Waals surface area contributed by atoms with E-state index >= 15 is 0 Å². The van der Waals surface area contributed by atoms with Crippen LogP contribution in [0.3, 0.4) is 0 Å². The first-order valence-corrected chi connectivity index (χ1v) is 9.16. The van der Waals surface area contributed by atoms with Crippen molar-refractivity contribution in [3.63, 3.8) is 0 Å². The van der Waals surface area contributed by atoms with Crippen LogP contribution in [0.2, 0.25) is 5.02 Å². The molecule has 0 aliphatic carbocycles. The van der Waals surface area contributed by atoms with E-state index < -0.39 is 0 Å². The highest BCUT2D eigenvalue weighted by Crippen LogP contribution is 2.26. The number of aromatic nitrogens is 1. The molecule has 0 radical (unpaired) electrons. The van der Waals surface area contributed by atoms with Gasteiger partial charge in [-0.15, -0.1) is 0 Å². The van der Waals surface area contributed by atoms with Gasteiger partial charge in [0, 0.05) is 22.5 Å². The van der Waals surface area contributed by atoms with Gasteiger partial charge in [0.2, 0.25) is 0 Å². The van der Waals surface area contributed by atoms with Crippen LogP contribution in [0.15, 0.2) is 78.9 Å². The predicted octanol–water partition coefficient (Wildman–Crippen LogP) is 5.62. The molecule has 0 spiro atoms. The van der Waals surface area contributed by atoms with Crippen molar-refractivity contribution in [2.24, 2.45) is 0 Å². The molecule has 0 aliphatic rings. The van der Waals surface area contributed by atoms with Gasteiger partial charge in [-0.3, -0.25) is 4.79 Å². The topological polar surface area (TPSA) is 42.0 Å². The number of pyridine rings is 1. The predicted molar refractivity (Wildman–Crippen MR) is 110 cm³/mol. The minimum absolute atomic E-state index is 0.210. The summed E-state index contributed by atoms with van der Waals surface area (Å²) in [6, 6.07) is 22.7. The maximum absolute atomic E-state index is 13.1. The number of carbonyl (C=O) groups is 1. The van der Waals surface area contributed by atoms with Crippen molar-refractivity contribution < 1.29 is 9.18 Å². The van der Waals surface area contributed by atoms with Crippen LogP contribution in [0.5, 0.6) is 0 Å². The molecule has 0 unspecified atom stereocenters. The van der Waals surface area contributed by atoms with Gasteiger partial charge in [0.1, 0.15) is 5.82 Å². The third-order valence-electron chi connectivity index (χ3n) is 4.47. The molecule has 4 rings (SSSR count). The first-order chi connectivity index (χ1) is 13.6. The van der Waals surface area contributed by atoms with E-state index in [1.165, 1.54) is 12.1 Å². The van der Waals surface area contributed by atoms with Crippen molar-refractivity contribution >= 4 is 28.4 Å². The molecule has 0 aliphatic heterocycles. The summed E-state index contributed by atoms with van der Waals surface area (Å²) in [6.07, 6.45) is 0. The van der Waals surface area contributed by atoms with Gasteiger partial charge in [0.25, 0.3) is 5.91 Å². The monoisotopic (exact) mass is 390 g/mol. The molecule has 1 aromatic heterocycles. The molecule has 1 heterocycles. The Balaban J connectivity index is 1.69. The third kappa shape index (κ3) is 3.87. The second-order valence-electron chi connectivity index (χ2n) is 6.39. The van der Waals surface area contributed by atoms with E-state index in [1.807, 2.05) is 36.4 Å². The summed E-state index contributed by atoms with van der Waals surface area (Å²) in [5, 5.41) is 4.32. The van der Waals surface area contributed by atoms with Crippen LogP contribution in [0.1, 0.15) is 15.9 Å². The lowest BCUT2D eigenvalue weighted by Gasteiger charge is -2.11. The molecule has 3 aromatic carbocycles. The SMILES string of the molecule is O=C(NCc1ccc(F)cc1)c1cc(-c2ccc(Cl)cc2)nc2ccccc12. The fourth-order valence-electron chi connectivity index (χ4n) is 3.01. The number of fused-ring (bicyclic) bond motifs is 1. The number of amides is 1. The number of nitrogens with zero attached hydrogens (tertiary/aromatic N) is 1. The van der Waals surface area contributed by atoms with Gasteiger partial charge in [-0.1, -0.05) is 54.1 Å². The fourth-order valence-corrected chi connectivity index (χ4v) is 3.14. The number of nitrogens with one attached hydrogen (secondary N) is 1. The second-order valence-corrected chi connectivity index (χ2v) is 6.82. The van der Waals surface area contributed by atoms with Crippen LogP contribution < -0.4 is 5.32 Å². The van der Waals surface area contributed by atoms with Crippen LogP contribution in [0.4, 0.5) is 4.39 Å².